The summed E-state index contributed by atoms with van der Waals surface area (Å²) in [6.45, 7) is 5.97. The smallest absolute Gasteiger partial charge is 0.185 e. The molecule has 84 valence electrons. The highest BCUT2D eigenvalue weighted by Crippen LogP contribution is 2.05. The number of hydrogen-bond acceptors (Lipinski definition) is 3. The van der Waals surface area contributed by atoms with E-state index in [2.05, 4.69) is 12.6 Å². The van der Waals surface area contributed by atoms with Gasteiger partial charge < -0.3 is 9.47 Å². The molecule has 0 aliphatic carbocycles. The lowest BCUT2D eigenvalue weighted by Crippen LogP contribution is -2.13. The van der Waals surface area contributed by atoms with Crippen molar-refractivity contribution in [2.24, 2.45) is 0 Å². The Bertz CT molecular complexity index is 150. The van der Waals surface area contributed by atoms with Crippen LogP contribution in [-0.4, -0.2) is 31.0 Å². The Morgan fingerprint density at radius 2 is 2.14 bits per heavy atom. The van der Waals surface area contributed by atoms with Crippen molar-refractivity contribution in [3.05, 3.63) is 0 Å². The standard InChI is InChI=1S/C10H20O3S/c1-3-12-7-8-13-9(2)5-4-6-10(11)14/h9H,3-8H2,1-2H3,(H,11,14). The molecule has 0 aliphatic heterocycles. The number of rotatable bonds is 9. The van der Waals surface area contributed by atoms with Crippen LogP contribution in [0.3, 0.4) is 0 Å². The molecule has 0 radical (unpaired) electrons. The van der Waals surface area contributed by atoms with Crippen molar-refractivity contribution in [3.63, 3.8) is 0 Å². The van der Waals surface area contributed by atoms with Gasteiger partial charge in [0.25, 0.3) is 0 Å². The van der Waals surface area contributed by atoms with Crippen LogP contribution < -0.4 is 0 Å². The van der Waals surface area contributed by atoms with E-state index in [-0.39, 0.29) is 11.2 Å². The molecule has 0 rings (SSSR count). The number of ether oxygens (including phenoxy) is 2. The zero-order chi connectivity index (χ0) is 10.8. The van der Waals surface area contributed by atoms with Crippen LogP contribution in [0.15, 0.2) is 0 Å². The van der Waals surface area contributed by atoms with E-state index >= 15 is 0 Å². The molecule has 0 heterocycles. The molecule has 0 spiro atoms. The predicted octanol–water partition coefficient (Wildman–Crippen LogP) is 2.05. The summed E-state index contributed by atoms with van der Waals surface area (Å²) < 4.78 is 10.6. The maximum atomic E-state index is 10.5. The highest BCUT2D eigenvalue weighted by Gasteiger charge is 2.02. The van der Waals surface area contributed by atoms with Crippen molar-refractivity contribution in [2.45, 2.75) is 39.2 Å². The van der Waals surface area contributed by atoms with E-state index in [0.29, 0.717) is 19.6 Å². The summed E-state index contributed by atoms with van der Waals surface area (Å²) in [7, 11) is 0. The quantitative estimate of drug-likeness (QED) is 0.477. The van der Waals surface area contributed by atoms with Gasteiger partial charge in [0, 0.05) is 13.0 Å². The molecule has 0 amide bonds. The van der Waals surface area contributed by atoms with Crippen molar-refractivity contribution >= 4 is 17.7 Å². The molecule has 0 bridgehead atoms. The fourth-order valence-corrected chi connectivity index (χ4v) is 1.23. The lowest BCUT2D eigenvalue weighted by atomic mass is 10.2. The van der Waals surface area contributed by atoms with E-state index in [0.717, 1.165) is 19.4 Å². The van der Waals surface area contributed by atoms with E-state index in [9.17, 15) is 4.79 Å². The zero-order valence-corrected chi connectivity index (χ0v) is 9.89. The summed E-state index contributed by atoms with van der Waals surface area (Å²) in [4.78, 5) is 10.5. The van der Waals surface area contributed by atoms with Crippen LogP contribution in [0.5, 0.6) is 0 Å². The van der Waals surface area contributed by atoms with Crippen LogP contribution in [0.1, 0.15) is 33.1 Å². The van der Waals surface area contributed by atoms with Crippen LogP contribution in [0, 0.1) is 0 Å². The molecule has 3 nitrogen and oxygen atoms in total. The van der Waals surface area contributed by atoms with Crippen molar-refractivity contribution < 1.29 is 14.3 Å². The molecule has 0 aromatic carbocycles. The van der Waals surface area contributed by atoms with Gasteiger partial charge >= 0.3 is 0 Å². The van der Waals surface area contributed by atoms with Crippen molar-refractivity contribution in [1.29, 1.82) is 0 Å². The third kappa shape index (κ3) is 10.0. The van der Waals surface area contributed by atoms with E-state index in [4.69, 9.17) is 9.47 Å². The van der Waals surface area contributed by atoms with Crippen LogP contribution in [0.4, 0.5) is 0 Å². The average Bonchev–Trinajstić information content (AvgIpc) is 2.12. The summed E-state index contributed by atoms with van der Waals surface area (Å²) in [6.07, 6.45) is 2.47. The molecule has 0 fully saturated rings. The van der Waals surface area contributed by atoms with Gasteiger partial charge in [0.1, 0.15) is 0 Å². The minimum absolute atomic E-state index is 0.0495. The van der Waals surface area contributed by atoms with Gasteiger partial charge in [-0.2, -0.15) is 0 Å². The second kappa shape index (κ2) is 9.49. The van der Waals surface area contributed by atoms with Crippen molar-refractivity contribution in [3.8, 4) is 0 Å². The van der Waals surface area contributed by atoms with Crippen LogP contribution in [-0.2, 0) is 14.3 Å². The Morgan fingerprint density at radius 1 is 1.43 bits per heavy atom. The maximum absolute atomic E-state index is 10.5. The van der Waals surface area contributed by atoms with E-state index in [1.165, 1.54) is 0 Å². The summed E-state index contributed by atoms with van der Waals surface area (Å²) in [5, 5.41) is -0.0495. The summed E-state index contributed by atoms with van der Waals surface area (Å²) in [5.74, 6) is 0. The fraction of sp³-hybridized carbons (Fsp3) is 0.900. The third-order valence-electron chi connectivity index (χ3n) is 1.84. The number of carbonyl (C=O) groups excluding carboxylic acids is 1. The topological polar surface area (TPSA) is 35.5 Å². The van der Waals surface area contributed by atoms with E-state index in [1.807, 2.05) is 13.8 Å². The Hall–Kier alpha value is -0.0600. The van der Waals surface area contributed by atoms with E-state index < -0.39 is 0 Å². The van der Waals surface area contributed by atoms with Gasteiger partial charge in [-0.05, 0) is 26.7 Å². The number of carbonyl (C=O) groups is 1. The lowest BCUT2D eigenvalue weighted by Gasteiger charge is -2.12. The Morgan fingerprint density at radius 3 is 2.71 bits per heavy atom. The van der Waals surface area contributed by atoms with E-state index in [1.54, 1.807) is 0 Å². The monoisotopic (exact) mass is 220 g/mol. The van der Waals surface area contributed by atoms with Crippen LogP contribution in [0.2, 0.25) is 0 Å². The lowest BCUT2D eigenvalue weighted by molar-refractivity contribution is -0.111. The molecule has 0 aromatic rings. The molecule has 4 heteroatoms. The first-order valence-electron chi connectivity index (χ1n) is 5.08. The predicted molar refractivity (Wildman–Crippen MR) is 59.8 cm³/mol. The highest BCUT2D eigenvalue weighted by atomic mass is 32.1. The maximum Gasteiger partial charge on any atom is 0.185 e. The Labute approximate surface area is 91.6 Å². The molecule has 1 unspecified atom stereocenters. The molecule has 14 heavy (non-hydrogen) atoms. The summed E-state index contributed by atoms with van der Waals surface area (Å²) in [5.41, 5.74) is 0. The number of thiol groups is 1. The van der Waals surface area contributed by atoms with Crippen LogP contribution >= 0.6 is 12.6 Å². The molecule has 0 N–H and O–H groups in total. The first-order valence-corrected chi connectivity index (χ1v) is 5.52. The normalized spacial score (nSPS) is 12.8. The second-order valence-corrected chi connectivity index (χ2v) is 3.66. The summed E-state index contributed by atoms with van der Waals surface area (Å²) in [6, 6.07) is 0. The SMILES string of the molecule is CCOCCOC(C)CCCC(=O)S. The van der Waals surface area contributed by atoms with Gasteiger partial charge in [-0.3, -0.25) is 4.79 Å². The van der Waals surface area contributed by atoms with Gasteiger partial charge in [-0.25, -0.2) is 0 Å². The molecular weight excluding hydrogens is 200 g/mol. The van der Waals surface area contributed by atoms with Gasteiger partial charge in [-0.1, -0.05) is 0 Å². The number of hydrogen-bond donors (Lipinski definition) is 1. The summed E-state index contributed by atoms with van der Waals surface area (Å²) >= 11 is 3.70. The molecular formula is C10H20O3S. The highest BCUT2D eigenvalue weighted by molar-refractivity contribution is 7.96. The fourth-order valence-electron chi connectivity index (χ4n) is 1.08. The molecule has 0 saturated heterocycles. The zero-order valence-electron chi connectivity index (χ0n) is 8.99. The molecule has 1 atom stereocenters. The molecule has 0 saturated carbocycles. The Kier molecular flexibility index (Phi) is 9.45. The largest absolute Gasteiger partial charge is 0.379 e. The second-order valence-electron chi connectivity index (χ2n) is 3.16. The minimum Gasteiger partial charge on any atom is -0.379 e. The molecule has 0 aliphatic rings. The van der Waals surface area contributed by atoms with Crippen molar-refractivity contribution in [1.82, 2.24) is 0 Å². The first kappa shape index (κ1) is 13.9. The minimum atomic E-state index is -0.0495. The third-order valence-corrected chi connectivity index (χ3v) is 2.06. The van der Waals surface area contributed by atoms with Crippen molar-refractivity contribution in [2.75, 3.05) is 19.8 Å². The first-order chi connectivity index (χ1) is 6.66. The van der Waals surface area contributed by atoms with Gasteiger partial charge in [0.2, 0.25) is 0 Å². The van der Waals surface area contributed by atoms with Gasteiger partial charge in [-0.15, -0.1) is 12.6 Å². The molecule has 0 aromatic heterocycles. The Balaban J connectivity index is 3.19. The van der Waals surface area contributed by atoms with Gasteiger partial charge in [0.15, 0.2) is 5.12 Å². The van der Waals surface area contributed by atoms with Gasteiger partial charge in [0.05, 0.1) is 19.3 Å². The van der Waals surface area contributed by atoms with Crippen LogP contribution in [0.25, 0.3) is 0 Å². The average molecular weight is 220 g/mol.